The average Bonchev–Trinajstić information content (AvgIpc) is 2.62. The van der Waals surface area contributed by atoms with Gasteiger partial charge in [0.25, 0.3) is 0 Å². The summed E-state index contributed by atoms with van der Waals surface area (Å²) < 4.78 is 0. The molecule has 122 valence electrons. The molecule has 1 aliphatic rings. The van der Waals surface area contributed by atoms with Crippen LogP contribution in [0.25, 0.3) is 0 Å². The number of aromatic nitrogens is 2. The van der Waals surface area contributed by atoms with Gasteiger partial charge in [-0.3, -0.25) is 4.90 Å². The van der Waals surface area contributed by atoms with E-state index in [9.17, 15) is 0 Å². The Morgan fingerprint density at radius 2 is 1.83 bits per heavy atom. The number of hydrogen-bond donors (Lipinski definition) is 1. The smallest absolute Gasteiger partial charge is 0.227 e. The minimum Gasteiger partial charge on any atom is -0.366 e. The number of hydrogen-bond acceptors (Lipinski definition) is 5. The number of rotatable bonds is 6. The van der Waals surface area contributed by atoms with Gasteiger partial charge < -0.3 is 10.2 Å². The van der Waals surface area contributed by atoms with Crippen molar-refractivity contribution in [3.05, 3.63) is 48.2 Å². The first kappa shape index (κ1) is 15.7. The molecule has 23 heavy (non-hydrogen) atoms. The number of piperazine rings is 1. The minimum atomic E-state index is 0.779. The molecule has 0 amide bonds. The van der Waals surface area contributed by atoms with Crippen molar-refractivity contribution in [2.24, 2.45) is 0 Å². The monoisotopic (exact) mass is 311 g/mol. The van der Waals surface area contributed by atoms with Crippen molar-refractivity contribution in [1.82, 2.24) is 14.9 Å². The molecule has 0 bridgehead atoms. The third kappa shape index (κ3) is 4.42. The van der Waals surface area contributed by atoms with Crippen molar-refractivity contribution >= 4 is 11.8 Å². The van der Waals surface area contributed by atoms with Crippen molar-refractivity contribution in [2.75, 3.05) is 42.9 Å². The second-order valence-electron chi connectivity index (χ2n) is 5.91. The van der Waals surface area contributed by atoms with E-state index in [-0.39, 0.29) is 0 Å². The van der Waals surface area contributed by atoms with Crippen LogP contribution in [0.4, 0.5) is 11.8 Å². The molecule has 5 heteroatoms. The molecule has 0 saturated carbocycles. The highest BCUT2D eigenvalue weighted by Gasteiger charge is 2.18. The molecule has 2 heterocycles. The van der Waals surface area contributed by atoms with Crippen LogP contribution in [0.3, 0.4) is 0 Å². The minimum absolute atomic E-state index is 0.779. The Morgan fingerprint density at radius 3 is 2.57 bits per heavy atom. The predicted molar refractivity (Wildman–Crippen MR) is 94.7 cm³/mol. The van der Waals surface area contributed by atoms with Crippen LogP contribution >= 0.6 is 0 Å². The van der Waals surface area contributed by atoms with E-state index >= 15 is 0 Å². The number of anilines is 2. The molecule has 1 fully saturated rings. The van der Waals surface area contributed by atoms with E-state index in [0.717, 1.165) is 44.5 Å². The molecule has 0 spiro atoms. The lowest BCUT2D eigenvalue weighted by Crippen LogP contribution is -2.47. The molecule has 3 rings (SSSR count). The molecule has 1 aromatic heterocycles. The molecule has 2 aromatic rings. The Hall–Kier alpha value is -2.14. The molecule has 1 N–H and O–H groups in total. The summed E-state index contributed by atoms with van der Waals surface area (Å²) in [5.41, 5.74) is 1.25. The van der Waals surface area contributed by atoms with Gasteiger partial charge in [-0.1, -0.05) is 37.3 Å². The molecular weight excluding hydrogens is 286 g/mol. The fraction of sp³-hybridized carbons (Fsp3) is 0.444. The van der Waals surface area contributed by atoms with Gasteiger partial charge in [-0.05, 0) is 24.6 Å². The van der Waals surface area contributed by atoms with Crippen LogP contribution in [-0.2, 0) is 6.54 Å². The van der Waals surface area contributed by atoms with Crippen LogP contribution in [-0.4, -0.2) is 47.6 Å². The summed E-state index contributed by atoms with van der Waals surface area (Å²) in [7, 11) is 0. The average molecular weight is 311 g/mol. The third-order valence-electron chi connectivity index (χ3n) is 4.15. The Bertz CT molecular complexity index is 593. The number of nitrogens with one attached hydrogen (secondary N) is 1. The maximum Gasteiger partial charge on any atom is 0.227 e. The van der Waals surface area contributed by atoms with Crippen molar-refractivity contribution < 1.29 is 0 Å². The lowest BCUT2D eigenvalue weighted by atomic mass is 10.2. The first-order valence-corrected chi connectivity index (χ1v) is 8.43. The van der Waals surface area contributed by atoms with Gasteiger partial charge in [0, 0.05) is 38.9 Å². The van der Waals surface area contributed by atoms with Gasteiger partial charge in [-0.25, -0.2) is 4.98 Å². The predicted octanol–water partition coefficient (Wildman–Crippen LogP) is 2.62. The van der Waals surface area contributed by atoms with Crippen molar-refractivity contribution in [2.45, 2.75) is 19.9 Å². The van der Waals surface area contributed by atoms with E-state index in [1.165, 1.54) is 18.5 Å². The highest BCUT2D eigenvalue weighted by Crippen LogP contribution is 2.14. The van der Waals surface area contributed by atoms with Crippen molar-refractivity contribution in [3.8, 4) is 0 Å². The Morgan fingerprint density at radius 1 is 1.04 bits per heavy atom. The maximum absolute atomic E-state index is 4.67. The van der Waals surface area contributed by atoms with E-state index in [1.807, 2.05) is 18.3 Å². The summed E-state index contributed by atoms with van der Waals surface area (Å²) in [6.07, 6.45) is 3.06. The molecule has 1 aromatic carbocycles. The standard InChI is InChI=1S/C18H25N5/c1-2-10-22-11-13-23(14-12-22)18-19-9-8-17(21-18)20-15-16-6-4-3-5-7-16/h3-9H,2,10-15H2,1H3,(H,19,20,21). The van der Waals surface area contributed by atoms with Gasteiger partial charge in [0.1, 0.15) is 5.82 Å². The quantitative estimate of drug-likeness (QED) is 0.888. The number of benzene rings is 1. The molecule has 0 aliphatic carbocycles. The summed E-state index contributed by atoms with van der Waals surface area (Å²) in [6, 6.07) is 12.3. The normalized spacial score (nSPS) is 15.6. The topological polar surface area (TPSA) is 44.3 Å². The zero-order chi connectivity index (χ0) is 15.9. The first-order valence-electron chi connectivity index (χ1n) is 8.43. The molecule has 0 atom stereocenters. The van der Waals surface area contributed by atoms with E-state index in [2.05, 4.69) is 56.3 Å². The molecule has 1 saturated heterocycles. The van der Waals surface area contributed by atoms with Crippen LogP contribution in [0.5, 0.6) is 0 Å². The van der Waals surface area contributed by atoms with E-state index in [4.69, 9.17) is 0 Å². The van der Waals surface area contributed by atoms with Gasteiger partial charge in [0.15, 0.2) is 0 Å². The summed E-state index contributed by atoms with van der Waals surface area (Å²) in [5.74, 6) is 1.72. The largest absolute Gasteiger partial charge is 0.366 e. The van der Waals surface area contributed by atoms with Gasteiger partial charge in [-0.15, -0.1) is 0 Å². The molecule has 1 aliphatic heterocycles. The number of nitrogens with zero attached hydrogens (tertiary/aromatic N) is 4. The fourth-order valence-corrected chi connectivity index (χ4v) is 2.88. The van der Waals surface area contributed by atoms with E-state index in [1.54, 1.807) is 0 Å². The molecule has 0 unspecified atom stereocenters. The van der Waals surface area contributed by atoms with E-state index < -0.39 is 0 Å². The maximum atomic E-state index is 4.67. The van der Waals surface area contributed by atoms with Crippen LogP contribution in [0, 0.1) is 0 Å². The lowest BCUT2D eigenvalue weighted by molar-refractivity contribution is 0.257. The summed E-state index contributed by atoms with van der Waals surface area (Å²) in [4.78, 5) is 13.9. The van der Waals surface area contributed by atoms with Crippen LogP contribution in [0.2, 0.25) is 0 Å². The Kier molecular flexibility index (Phi) is 5.42. The zero-order valence-electron chi connectivity index (χ0n) is 13.8. The fourth-order valence-electron chi connectivity index (χ4n) is 2.88. The van der Waals surface area contributed by atoms with Crippen LogP contribution in [0.1, 0.15) is 18.9 Å². The third-order valence-corrected chi connectivity index (χ3v) is 4.15. The van der Waals surface area contributed by atoms with Gasteiger partial charge in [-0.2, -0.15) is 4.98 Å². The zero-order valence-corrected chi connectivity index (χ0v) is 13.8. The SMILES string of the molecule is CCCN1CCN(c2nccc(NCc3ccccc3)n2)CC1. The summed E-state index contributed by atoms with van der Waals surface area (Å²) in [6.45, 7) is 8.40. The van der Waals surface area contributed by atoms with Gasteiger partial charge >= 0.3 is 0 Å². The Balaban J connectivity index is 1.57. The second-order valence-corrected chi connectivity index (χ2v) is 5.91. The molecule has 0 radical (unpaired) electrons. The van der Waals surface area contributed by atoms with Crippen molar-refractivity contribution in [3.63, 3.8) is 0 Å². The van der Waals surface area contributed by atoms with Crippen molar-refractivity contribution in [1.29, 1.82) is 0 Å². The van der Waals surface area contributed by atoms with Gasteiger partial charge in [0.05, 0.1) is 0 Å². The Labute approximate surface area is 138 Å². The summed E-state index contributed by atoms with van der Waals surface area (Å²) >= 11 is 0. The van der Waals surface area contributed by atoms with Gasteiger partial charge in [0.2, 0.25) is 5.95 Å². The van der Waals surface area contributed by atoms with Crippen LogP contribution < -0.4 is 10.2 Å². The molecule has 5 nitrogen and oxygen atoms in total. The first-order chi connectivity index (χ1) is 11.3. The van der Waals surface area contributed by atoms with Crippen LogP contribution in [0.15, 0.2) is 42.6 Å². The molecular formula is C18H25N5. The summed E-state index contributed by atoms with van der Waals surface area (Å²) in [5, 5.41) is 3.38. The second kappa shape index (κ2) is 7.92. The highest BCUT2D eigenvalue weighted by molar-refractivity contribution is 5.42. The highest BCUT2D eigenvalue weighted by atomic mass is 15.3. The lowest BCUT2D eigenvalue weighted by Gasteiger charge is -2.34. The van der Waals surface area contributed by atoms with E-state index in [0.29, 0.717) is 0 Å².